The van der Waals surface area contributed by atoms with Crippen LogP contribution in [0.3, 0.4) is 0 Å². The molecule has 0 atom stereocenters. The van der Waals surface area contributed by atoms with Gasteiger partial charge in [-0.1, -0.05) is 23.2 Å². The molecule has 104 valence electrons. The lowest BCUT2D eigenvalue weighted by Gasteiger charge is -2.09. The molecule has 7 heteroatoms. The minimum Gasteiger partial charge on any atom is -0.507 e. The highest BCUT2D eigenvalue weighted by Gasteiger charge is 2.13. The summed E-state index contributed by atoms with van der Waals surface area (Å²) in [4.78, 5) is 14.5. The normalized spacial score (nSPS) is 10.2. The van der Waals surface area contributed by atoms with E-state index in [0.717, 1.165) is 0 Å². The molecule has 1 amide bonds. The fourth-order valence-corrected chi connectivity index (χ4v) is 2.07. The second-order valence-electron chi connectivity index (χ2n) is 3.90. The first kappa shape index (κ1) is 14.8. The van der Waals surface area contributed by atoms with Crippen LogP contribution < -0.4 is 10.2 Å². The number of hydrogen-bond acceptors (Lipinski definition) is 3. The Morgan fingerprint density at radius 1 is 1.10 bits per heavy atom. The predicted octanol–water partition coefficient (Wildman–Crippen LogP) is 4.52. The van der Waals surface area contributed by atoms with Crippen LogP contribution in [0.5, 0.6) is 5.75 Å². The summed E-state index contributed by atoms with van der Waals surface area (Å²) in [6.07, 6.45) is 0. The Kier molecular flexibility index (Phi) is 4.60. The van der Waals surface area contributed by atoms with Gasteiger partial charge in [0, 0.05) is 16.8 Å². The highest BCUT2D eigenvalue weighted by atomic mass is 35.5. The van der Waals surface area contributed by atoms with Gasteiger partial charge in [0.15, 0.2) is 0 Å². The van der Waals surface area contributed by atoms with E-state index >= 15 is 0 Å². The maximum Gasteiger partial charge on any atom is 0.259 e. The minimum absolute atomic E-state index is 0.0631. The molecule has 2 rings (SSSR count). The van der Waals surface area contributed by atoms with Crippen molar-refractivity contribution in [2.45, 2.75) is 0 Å². The number of benzene rings is 2. The van der Waals surface area contributed by atoms with Gasteiger partial charge in [-0.3, -0.25) is 9.63 Å². The van der Waals surface area contributed by atoms with Crippen molar-refractivity contribution in [1.82, 2.24) is 0 Å². The highest BCUT2D eigenvalue weighted by Crippen LogP contribution is 2.28. The highest BCUT2D eigenvalue weighted by molar-refractivity contribution is 6.35. The van der Waals surface area contributed by atoms with Crippen LogP contribution in [0.25, 0.3) is 0 Å². The van der Waals surface area contributed by atoms with Crippen molar-refractivity contribution >= 4 is 52.3 Å². The van der Waals surface area contributed by atoms with Crippen LogP contribution in [0, 0.1) is 0 Å². The van der Waals surface area contributed by atoms with Crippen LogP contribution in [-0.4, -0.2) is 11.0 Å². The van der Waals surface area contributed by atoms with Gasteiger partial charge in [-0.05, 0) is 36.4 Å². The fraction of sp³-hybridized carbons (Fsp3) is 0. The Hall–Kier alpha value is -1.62. The van der Waals surface area contributed by atoms with Crippen molar-refractivity contribution < 1.29 is 9.90 Å². The van der Waals surface area contributed by atoms with E-state index in [1.54, 1.807) is 18.2 Å². The fourth-order valence-electron chi connectivity index (χ4n) is 1.56. The molecule has 0 aliphatic carbocycles. The van der Waals surface area contributed by atoms with Gasteiger partial charge >= 0.3 is 0 Å². The monoisotopic (exact) mass is 330 g/mol. The Morgan fingerprint density at radius 2 is 1.85 bits per heavy atom. The van der Waals surface area contributed by atoms with Gasteiger partial charge in [-0.15, -0.1) is 0 Å². The Labute approximate surface area is 130 Å². The summed E-state index contributed by atoms with van der Waals surface area (Å²) in [7, 11) is 0. The molecule has 0 unspecified atom stereocenters. The number of carbonyl (C=O) groups is 1. The lowest BCUT2D eigenvalue weighted by molar-refractivity contribution is 0.102. The molecule has 0 spiro atoms. The third-order valence-electron chi connectivity index (χ3n) is 2.53. The molecular weight excluding hydrogens is 323 g/mol. The molecule has 0 fully saturated rings. The summed E-state index contributed by atoms with van der Waals surface area (Å²) in [5, 5.41) is 12.9. The summed E-state index contributed by atoms with van der Waals surface area (Å²) >= 11 is 17.3. The molecule has 0 aliphatic heterocycles. The van der Waals surface area contributed by atoms with Gasteiger partial charge in [0.05, 0.1) is 22.0 Å². The first-order chi connectivity index (χ1) is 9.51. The molecule has 0 radical (unpaired) electrons. The second-order valence-corrected chi connectivity index (χ2v) is 4.94. The molecule has 0 saturated carbocycles. The van der Waals surface area contributed by atoms with Crippen molar-refractivity contribution in [2.75, 3.05) is 10.2 Å². The predicted molar refractivity (Wildman–Crippen MR) is 82.0 cm³/mol. The molecule has 0 saturated heterocycles. The van der Waals surface area contributed by atoms with Gasteiger partial charge in [0.25, 0.3) is 5.91 Å². The van der Waals surface area contributed by atoms with Crippen LogP contribution in [0.2, 0.25) is 10.0 Å². The molecule has 3 N–H and O–H groups in total. The lowest BCUT2D eigenvalue weighted by Crippen LogP contribution is -2.12. The van der Waals surface area contributed by atoms with Crippen LogP contribution in [0.1, 0.15) is 10.4 Å². The first-order valence-electron chi connectivity index (χ1n) is 5.47. The topological polar surface area (TPSA) is 61.4 Å². The zero-order chi connectivity index (χ0) is 14.7. The van der Waals surface area contributed by atoms with Crippen molar-refractivity contribution in [3.63, 3.8) is 0 Å². The molecule has 0 heterocycles. The number of aromatic hydroxyl groups is 1. The Bertz CT molecular complexity index is 662. The van der Waals surface area contributed by atoms with Gasteiger partial charge in [-0.25, -0.2) is 0 Å². The first-order valence-corrected chi connectivity index (χ1v) is 6.60. The average molecular weight is 332 g/mol. The van der Waals surface area contributed by atoms with E-state index in [0.29, 0.717) is 21.4 Å². The Balaban J connectivity index is 2.25. The number of halogens is 3. The maximum absolute atomic E-state index is 12.1. The van der Waals surface area contributed by atoms with Gasteiger partial charge in [0.1, 0.15) is 5.75 Å². The quantitative estimate of drug-likeness (QED) is 0.725. The van der Waals surface area contributed by atoms with E-state index in [-0.39, 0.29) is 11.3 Å². The number of phenols is 1. The third kappa shape index (κ3) is 3.28. The van der Waals surface area contributed by atoms with E-state index < -0.39 is 5.91 Å². The zero-order valence-corrected chi connectivity index (χ0v) is 12.2. The van der Waals surface area contributed by atoms with Gasteiger partial charge < -0.3 is 10.4 Å². The molecule has 0 bridgehead atoms. The number of phenolic OH excluding ortho intramolecular Hbond substituents is 1. The second kappa shape index (κ2) is 6.22. The smallest absolute Gasteiger partial charge is 0.259 e. The Morgan fingerprint density at radius 3 is 2.50 bits per heavy atom. The summed E-state index contributed by atoms with van der Waals surface area (Å²) in [5.41, 5.74) is 1.06. The largest absolute Gasteiger partial charge is 0.507 e. The van der Waals surface area contributed by atoms with E-state index in [9.17, 15) is 9.90 Å². The van der Waals surface area contributed by atoms with E-state index in [1.165, 1.54) is 18.2 Å². The summed E-state index contributed by atoms with van der Waals surface area (Å²) in [6.45, 7) is 0. The van der Waals surface area contributed by atoms with Crippen molar-refractivity contribution in [2.24, 2.45) is 0 Å². The molecule has 20 heavy (non-hydrogen) atoms. The van der Waals surface area contributed by atoms with Crippen LogP contribution in [0.15, 0.2) is 36.4 Å². The third-order valence-corrected chi connectivity index (χ3v) is 3.30. The van der Waals surface area contributed by atoms with Crippen molar-refractivity contribution in [1.29, 1.82) is 0 Å². The van der Waals surface area contributed by atoms with Crippen molar-refractivity contribution in [3.05, 3.63) is 52.0 Å². The molecule has 0 aliphatic rings. The van der Waals surface area contributed by atoms with E-state index in [4.69, 9.17) is 35.0 Å². The SMILES string of the molecule is O=C(Nc1ccc(NCl)cc1Cl)c1cc(Cl)ccc1O. The van der Waals surface area contributed by atoms with E-state index in [1.807, 2.05) is 0 Å². The molecule has 2 aromatic rings. The van der Waals surface area contributed by atoms with Crippen LogP contribution in [0.4, 0.5) is 11.4 Å². The van der Waals surface area contributed by atoms with Crippen LogP contribution >= 0.6 is 35.0 Å². The van der Waals surface area contributed by atoms with Crippen molar-refractivity contribution in [3.8, 4) is 5.75 Å². The summed E-state index contributed by atoms with van der Waals surface area (Å²) < 4.78 is 0. The molecular formula is C13H9Cl3N2O2. The summed E-state index contributed by atoms with van der Waals surface area (Å²) in [5.74, 6) is -0.680. The molecule has 4 nitrogen and oxygen atoms in total. The van der Waals surface area contributed by atoms with Gasteiger partial charge in [-0.2, -0.15) is 0 Å². The van der Waals surface area contributed by atoms with Gasteiger partial charge in [0.2, 0.25) is 0 Å². The zero-order valence-electron chi connectivity index (χ0n) is 9.95. The lowest BCUT2D eigenvalue weighted by atomic mass is 10.2. The summed E-state index contributed by atoms with van der Waals surface area (Å²) in [6, 6.07) is 9.00. The molecule has 2 aromatic carbocycles. The number of rotatable bonds is 3. The number of carbonyl (C=O) groups excluding carboxylic acids is 1. The maximum atomic E-state index is 12.1. The number of nitrogens with one attached hydrogen (secondary N) is 2. The standard InChI is InChI=1S/C13H9Cl3N2O2/c14-7-1-4-12(19)9(5-7)13(20)17-11-3-2-8(18-16)6-10(11)15/h1-6,18-19H,(H,17,20). The average Bonchev–Trinajstić information content (AvgIpc) is 2.43. The number of hydrogen-bond donors (Lipinski definition) is 3. The molecule has 0 aromatic heterocycles. The number of amides is 1. The number of anilines is 2. The van der Waals surface area contributed by atoms with Crippen LogP contribution in [-0.2, 0) is 0 Å². The van der Waals surface area contributed by atoms with E-state index in [2.05, 4.69) is 10.2 Å². The minimum atomic E-state index is -0.515.